The van der Waals surface area contributed by atoms with Crippen molar-refractivity contribution in [1.29, 1.82) is 0 Å². The van der Waals surface area contributed by atoms with Gasteiger partial charge in [0.15, 0.2) is 11.2 Å². The molecule has 0 atom stereocenters. The summed E-state index contributed by atoms with van der Waals surface area (Å²) in [6, 6.07) is 3.39. The monoisotopic (exact) mass is 138 g/mol. The van der Waals surface area contributed by atoms with Crippen LogP contribution in [-0.2, 0) is 0 Å². The normalized spacial score (nSPS) is 10.4. The van der Waals surface area contributed by atoms with E-state index in [0.29, 0.717) is 11.2 Å². The number of fused-ring (bicyclic) bond motifs is 1. The van der Waals surface area contributed by atoms with Crippen LogP contribution in [0.1, 0.15) is 1.43 Å². The van der Waals surface area contributed by atoms with Gasteiger partial charge in [0.25, 0.3) is 0 Å². The molecule has 2 heterocycles. The van der Waals surface area contributed by atoms with Gasteiger partial charge in [-0.1, -0.05) is 0 Å². The van der Waals surface area contributed by atoms with E-state index >= 15 is 0 Å². The Balaban J connectivity index is 0.000000605. The van der Waals surface area contributed by atoms with Crippen molar-refractivity contribution in [3.63, 3.8) is 0 Å². The van der Waals surface area contributed by atoms with Crippen LogP contribution in [0.5, 0.6) is 0 Å². The van der Waals surface area contributed by atoms with Crippen LogP contribution < -0.4 is 5.76 Å². The van der Waals surface area contributed by atoms with Gasteiger partial charge < -0.3 is 4.42 Å². The lowest BCUT2D eigenvalue weighted by Crippen LogP contribution is -1.93. The molecule has 0 amide bonds. The molecule has 0 saturated carbocycles. The Labute approximate surface area is 57.0 Å². The van der Waals surface area contributed by atoms with E-state index in [9.17, 15) is 4.79 Å². The Morgan fingerprint density at radius 2 is 2.60 bits per heavy atom. The number of hydrogen-bond acceptors (Lipinski definition) is 3. The third-order valence-corrected chi connectivity index (χ3v) is 1.19. The van der Waals surface area contributed by atoms with Crippen molar-refractivity contribution in [1.82, 2.24) is 9.97 Å². The Morgan fingerprint density at radius 1 is 1.70 bits per heavy atom. The maximum Gasteiger partial charge on any atom is 0.418 e. The van der Waals surface area contributed by atoms with E-state index in [4.69, 9.17) is 4.42 Å². The molecule has 0 aliphatic rings. The number of nitrogens with zero attached hydrogens (tertiary/aromatic N) is 1. The SMILES string of the molecule is O=c1[nH]c2ncccc2o1.[HH]. The number of aromatic amines is 1. The lowest BCUT2D eigenvalue weighted by molar-refractivity contribution is 0.555. The summed E-state index contributed by atoms with van der Waals surface area (Å²) in [7, 11) is 0. The number of pyridine rings is 1. The minimum absolute atomic E-state index is 0. The third kappa shape index (κ3) is 0.621. The van der Waals surface area contributed by atoms with Crippen LogP contribution in [-0.4, -0.2) is 9.97 Å². The highest BCUT2D eigenvalue weighted by Crippen LogP contribution is 2.02. The van der Waals surface area contributed by atoms with Crippen molar-refractivity contribution < 1.29 is 5.84 Å². The van der Waals surface area contributed by atoms with E-state index in [0.717, 1.165) is 0 Å². The predicted molar refractivity (Wildman–Crippen MR) is 36.7 cm³/mol. The molecular formula is C6H6N2O2. The maximum absolute atomic E-state index is 10.5. The van der Waals surface area contributed by atoms with Gasteiger partial charge in [0.05, 0.1) is 0 Å². The molecule has 10 heavy (non-hydrogen) atoms. The maximum atomic E-state index is 10.5. The number of nitrogens with one attached hydrogen (secondary N) is 1. The van der Waals surface area contributed by atoms with Crippen molar-refractivity contribution in [2.45, 2.75) is 0 Å². The lowest BCUT2D eigenvalue weighted by atomic mass is 10.5. The largest absolute Gasteiger partial charge is 0.418 e. The van der Waals surface area contributed by atoms with E-state index in [2.05, 4.69) is 9.97 Å². The fraction of sp³-hybridized carbons (Fsp3) is 0. The summed E-state index contributed by atoms with van der Waals surface area (Å²) in [5.41, 5.74) is 0.986. The van der Waals surface area contributed by atoms with Crippen LogP contribution in [0.2, 0.25) is 0 Å². The number of H-pyrrole nitrogens is 1. The lowest BCUT2D eigenvalue weighted by Gasteiger charge is -1.79. The number of rotatable bonds is 0. The van der Waals surface area contributed by atoms with Crippen molar-refractivity contribution in [3.8, 4) is 0 Å². The molecular weight excluding hydrogens is 132 g/mol. The first-order chi connectivity index (χ1) is 4.86. The Morgan fingerprint density at radius 3 is 3.40 bits per heavy atom. The Kier molecular flexibility index (Phi) is 0.887. The zero-order chi connectivity index (χ0) is 6.97. The highest BCUT2D eigenvalue weighted by molar-refractivity contribution is 5.65. The van der Waals surface area contributed by atoms with E-state index in [1.165, 1.54) is 0 Å². The van der Waals surface area contributed by atoms with E-state index in [1.807, 2.05) is 0 Å². The van der Waals surface area contributed by atoms with Crippen molar-refractivity contribution in [2.24, 2.45) is 0 Å². The van der Waals surface area contributed by atoms with Gasteiger partial charge in [0, 0.05) is 7.62 Å². The second kappa shape index (κ2) is 1.70. The summed E-state index contributed by atoms with van der Waals surface area (Å²) in [5, 5.41) is 0. The summed E-state index contributed by atoms with van der Waals surface area (Å²) in [6.45, 7) is 0. The molecule has 0 radical (unpaired) electrons. The molecule has 0 spiro atoms. The van der Waals surface area contributed by atoms with Gasteiger partial charge >= 0.3 is 5.76 Å². The van der Waals surface area contributed by atoms with Gasteiger partial charge in [-0.05, 0) is 12.1 Å². The van der Waals surface area contributed by atoms with Crippen LogP contribution in [0.4, 0.5) is 0 Å². The summed E-state index contributed by atoms with van der Waals surface area (Å²) < 4.78 is 4.69. The van der Waals surface area contributed by atoms with Gasteiger partial charge in [-0.15, -0.1) is 0 Å². The van der Waals surface area contributed by atoms with E-state index in [1.54, 1.807) is 18.3 Å². The molecule has 4 nitrogen and oxygen atoms in total. The molecule has 2 aromatic heterocycles. The van der Waals surface area contributed by atoms with Gasteiger partial charge in [-0.25, -0.2) is 9.78 Å². The molecule has 0 aromatic carbocycles. The molecule has 0 aliphatic heterocycles. The fourth-order valence-corrected chi connectivity index (χ4v) is 0.789. The molecule has 2 aromatic rings. The zero-order valence-corrected chi connectivity index (χ0v) is 5.00. The summed E-state index contributed by atoms with van der Waals surface area (Å²) >= 11 is 0. The highest BCUT2D eigenvalue weighted by atomic mass is 16.4. The second-order valence-corrected chi connectivity index (χ2v) is 1.86. The van der Waals surface area contributed by atoms with Crippen LogP contribution in [0.3, 0.4) is 0 Å². The van der Waals surface area contributed by atoms with Crippen LogP contribution in [0, 0.1) is 0 Å². The molecule has 1 N–H and O–H groups in total. The van der Waals surface area contributed by atoms with Crippen LogP contribution in [0.25, 0.3) is 11.2 Å². The minimum Gasteiger partial charge on any atom is -0.406 e. The van der Waals surface area contributed by atoms with Gasteiger partial charge in [-0.2, -0.15) is 0 Å². The molecule has 0 saturated heterocycles. The number of hydrogen-bond donors (Lipinski definition) is 1. The van der Waals surface area contributed by atoms with E-state index in [-0.39, 0.29) is 1.43 Å². The molecule has 0 bridgehead atoms. The topological polar surface area (TPSA) is 58.9 Å². The van der Waals surface area contributed by atoms with Crippen molar-refractivity contribution >= 4 is 11.2 Å². The van der Waals surface area contributed by atoms with Crippen LogP contribution >= 0.6 is 0 Å². The van der Waals surface area contributed by atoms with Gasteiger partial charge in [0.2, 0.25) is 0 Å². The summed E-state index contributed by atoms with van der Waals surface area (Å²) in [5.74, 6) is -0.464. The van der Waals surface area contributed by atoms with Gasteiger partial charge in [0.1, 0.15) is 0 Å². The highest BCUT2D eigenvalue weighted by Gasteiger charge is 1.96. The standard InChI is InChI=1S/C6H4N2O2.H2/c9-6-8-5-4(10-6)2-1-3-7-5;/h1-3H,(H,7,8,9);1H. The molecule has 0 unspecified atom stereocenters. The first kappa shape index (κ1) is 5.22. The Bertz CT molecular complexity index is 370. The van der Waals surface area contributed by atoms with Gasteiger partial charge in [-0.3, -0.25) is 4.98 Å². The quantitative estimate of drug-likeness (QED) is 0.584. The fourth-order valence-electron chi connectivity index (χ4n) is 0.789. The van der Waals surface area contributed by atoms with Crippen LogP contribution in [0.15, 0.2) is 27.5 Å². The molecule has 52 valence electrons. The molecule has 0 fully saturated rings. The first-order valence-electron chi connectivity index (χ1n) is 2.80. The molecule has 0 aliphatic carbocycles. The number of aromatic nitrogens is 2. The summed E-state index contributed by atoms with van der Waals surface area (Å²) in [6.07, 6.45) is 1.59. The van der Waals surface area contributed by atoms with Crippen molar-refractivity contribution in [2.75, 3.05) is 0 Å². The average Bonchev–Trinajstić information content (AvgIpc) is 2.27. The molecule has 2 rings (SSSR count). The zero-order valence-electron chi connectivity index (χ0n) is 5.00. The molecule has 4 heteroatoms. The smallest absolute Gasteiger partial charge is 0.406 e. The van der Waals surface area contributed by atoms with E-state index < -0.39 is 5.76 Å². The van der Waals surface area contributed by atoms with Crippen molar-refractivity contribution in [3.05, 3.63) is 28.9 Å². The third-order valence-electron chi connectivity index (χ3n) is 1.19. The Hall–Kier alpha value is -1.58. The minimum atomic E-state index is -0.464. The second-order valence-electron chi connectivity index (χ2n) is 1.86. The first-order valence-corrected chi connectivity index (χ1v) is 2.80. The predicted octanol–water partition coefficient (Wildman–Crippen LogP) is 0.762. The summed E-state index contributed by atoms with van der Waals surface area (Å²) in [4.78, 5) is 16.8. The number of oxazole rings is 1. The average molecular weight is 138 g/mol.